The van der Waals surface area contributed by atoms with Crippen molar-refractivity contribution in [2.24, 2.45) is 0 Å². The fourth-order valence-corrected chi connectivity index (χ4v) is 13.5. The van der Waals surface area contributed by atoms with Gasteiger partial charge in [-0.15, -0.1) is 0 Å². The topological polar surface area (TPSA) is 32.8 Å². The van der Waals surface area contributed by atoms with Gasteiger partial charge in [0.2, 0.25) is 0 Å². The molecule has 14 rings (SSSR count). The number of benzene rings is 8. The minimum atomic E-state index is -0.240. The van der Waals surface area contributed by atoms with E-state index in [0.717, 1.165) is 80.0 Å². The molecule has 70 heavy (non-hydrogen) atoms. The first kappa shape index (κ1) is 42.0. The molecule has 0 saturated carbocycles. The van der Waals surface area contributed by atoms with Crippen LogP contribution in [0.25, 0.3) is 66.1 Å². The molecule has 0 atom stereocenters. The van der Waals surface area contributed by atoms with E-state index in [2.05, 4.69) is 218 Å². The molecule has 0 bridgehead atoms. The zero-order chi connectivity index (χ0) is 47.8. The Kier molecular flexibility index (Phi) is 8.45. The first-order valence-electron chi connectivity index (χ1n) is 25.6. The van der Waals surface area contributed by atoms with Gasteiger partial charge in [-0.2, -0.15) is 0 Å². The number of anilines is 5. The number of rotatable bonds is 3. The molecule has 2 aliphatic heterocycles. The van der Waals surface area contributed by atoms with Crippen LogP contribution in [-0.4, -0.2) is 6.85 Å². The SMILES string of the molecule is Cc1cc2c(cc1N1c3cc(-c4ccccc4)ccc3B3c4c1cc1c(oc5ccccc51)c4-c1ccc4c(oc5ccccc54)c1N3c1ccc3c(c1)C(C)(C)CCC3(C)C)C(C)(C)CCC2(C)C. The van der Waals surface area contributed by atoms with Crippen molar-refractivity contribution in [1.82, 2.24) is 0 Å². The highest BCUT2D eigenvalue weighted by Gasteiger charge is 2.49. The summed E-state index contributed by atoms with van der Waals surface area (Å²) in [4.78, 5) is 5.31. The Hall–Kier alpha value is -6.98. The summed E-state index contributed by atoms with van der Waals surface area (Å²) in [5.41, 5.74) is 23.9. The predicted molar refractivity (Wildman–Crippen MR) is 295 cm³/mol. The van der Waals surface area contributed by atoms with Gasteiger partial charge in [0, 0.05) is 55.4 Å². The summed E-state index contributed by atoms with van der Waals surface area (Å²) in [6.07, 6.45) is 4.61. The van der Waals surface area contributed by atoms with Crippen LogP contribution in [0.3, 0.4) is 0 Å². The lowest BCUT2D eigenvalue weighted by Gasteiger charge is -2.47. The maximum absolute atomic E-state index is 7.20. The van der Waals surface area contributed by atoms with E-state index in [1.807, 2.05) is 0 Å². The number of aryl methyl sites for hydroxylation is 1. The standard InChI is InChI=1S/C65H59BN2O2/c1-38-33-48-50(65(8,9)32-31-63(48,4)5)37-52(38)67-53-34-40(39-17-11-10-12-18-39)23-28-51(53)66-58-54(67)36-46-43-20-14-16-22-56(43)69-60(46)57(58)45-26-25-44-42-19-13-15-21-55(42)70-61(44)59(45)68(66)41-24-27-47-49(35-41)64(6,7)30-29-62(47,2)3/h10-28,33-37H,29-32H2,1-9H3. The molecule has 0 unspecified atom stereocenters. The van der Waals surface area contributed by atoms with E-state index >= 15 is 0 Å². The number of furan rings is 2. The maximum atomic E-state index is 7.20. The third-order valence-corrected chi connectivity index (χ3v) is 17.7. The van der Waals surface area contributed by atoms with Crippen LogP contribution < -0.4 is 20.6 Å². The summed E-state index contributed by atoms with van der Waals surface area (Å²) in [6, 6.07) is 55.0. The first-order chi connectivity index (χ1) is 33.6. The molecule has 5 heteroatoms. The molecule has 0 fully saturated rings. The van der Waals surface area contributed by atoms with Gasteiger partial charge < -0.3 is 18.5 Å². The fraction of sp³-hybridized carbons (Fsp3) is 0.262. The minimum Gasteiger partial charge on any atom is -0.455 e. The monoisotopic (exact) mass is 910 g/mol. The molecule has 2 aromatic heterocycles. The van der Waals surface area contributed by atoms with E-state index in [0.29, 0.717) is 0 Å². The van der Waals surface area contributed by atoms with Gasteiger partial charge >= 0.3 is 6.85 Å². The summed E-state index contributed by atoms with van der Waals surface area (Å²) in [5.74, 6) is 0. The van der Waals surface area contributed by atoms with E-state index in [1.54, 1.807) is 0 Å². The van der Waals surface area contributed by atoms with Gasteiger partial charge in [-0.25, -0.2) is 0 Å². The molecule has 2 aliphatic carbocycles. The zero-order valence-corrected chi connectivity index (χ0v) is 42.0. The summed E-state index contributed by atoms with van der Waals surface area (Å²) in [5, 5.41) is 4.48. The first-order valence-corrected chi connectivity index (χ1v) is 25.6. The Morgan fingerprint density at radius 3 is 1.76 bits per heavy atom. The molecule has 10 aromatic rings. The van der Waals surface area contributed by atoms with Gasteiger partial charge in [0.15, 0.2) is 5.58 Å². The van der Waals surface area contributed by atoms with Crippen LogP contribution in [0.2, 0.25) is 0 Å². The highest BCUT2D eigenvalue weighted by atomic mass is 16.3. The number of nitrogens with zero attached hydrogens (tertiary/aromatic N) is 2. The van der Waals surface area contributed by atoms with Crippen molar-refractivity contribution in [2.45, 2.75) is 110 Å². The van der Waals surface area contributed by atoms with E-state index in [1.165, 1.54) is 79.0 Å². The quantitative estimate of drug-likeness (QED) is 0.165. The molecule has 344 valence electrons. The van der Waals surface area contributed by atoms with Crippen molar-refractivity contribution >= 4 is 90.1 Å². The molecule has 4 nitrogen and oxygen atoms in total. The largest absolute Gasteiger partial charge is 0.455 e. The molecule has 4 heterocycles. The summed E-state index contributed by atoms with van der Waals surface area (Å²) < 4.78 is 14.4. The molecule has 0 saturated heterocycles. The Labute approximate surface area is 412 Å². The predicted octanol–water partition coefficient (Wildman–Crippen LogP) is 16.9. The van der Waals surface area contributed by atoms with Crippen molar-refractivity contribution in [2.75, 3.05) is 9.71 Å². The second kappa shape index (κ2) is 14.1. The van der Waals surface area contributed by atoms with E-state index in [-0.39, 0.29) is 28.5 Å². The lowest BCUT2D eigenvalue weighted by atomic mass is 9.43. The number of hydrogen-bond acceptors (Lipinski definition) is 4. The van der Waals surface area contributed by atoms with Crippen LogP contribution in [0.15, 0.2) is 154 Å². The van der Waals surface area contributed by atoms with Gasteiger partial charge in [-0.1, -0.05) is 152 Å². The van der Waals surface area contributed by atoms with E-state index in [4.69, 9.17) is 8.83 Å². The highest BCUT2D eigenvalue weighted by molar-refractivity contribution is 6.94. The highest BCUT2D eigenvalue weighted by Crippen LogP contribution is 2.56. The lowest BCUT2D eigenvalue weighted by Crippen LogP contribution is -2.61. The van der Waals surface area contributed by atoms with Crippen molar-refractivity contribution in [3.8, 4) is 22.3 Å². The molecular formula is C65H59BN2O2. The molecule has 4 aliphatic rings. The Bertz CT molecular complexity index is 3880. The van der Waals surface area contributed by atoms with Gasteiger partial charge in [0.25, 0.3) is 0 Å². The third-order valence-electron chi connectivity index (χ3n) is 17.7. The Balaban J connectivity index is 1.16. The number of para-hydroxylation sites is 2. The average molecular weight is 911 g/mol. The minimum absolute atomic E-state index is 0.00648. The van der Waals surface area contributed by atoms with Crippen molar-refractivity contribution < 1.29 is 8.83 Å². The smallest absolute Gasteiger partial charge is 0.333 e. The lowest BCUT2D eigenvalue weighted by molar-refractivity contribution is 0.332. The molecule has 0 N–H and O–H groups in total. The zero-order valence-electron chi connectivity index (χ0n) is 42.0. The van der Waals surface area contributed by atoms with E-state index in [9.17, 15) is 0 Å². The van der Waals surface area contributed by atoms with Crippen LogP contribution in [0.4, 0.5) is 28.4 Å². The van der Waals surface area contributed by atoms with Crippen molar-refractivity contribution in [3.05, 3.63) is 173 Å². The average Bonchev–Trinajstić information content (AvgIpc) is 3.93. The van der Waals surface area contributed by atoms with Gasteiger partial charge in [-0.05, 0) is 153 Å². The van der Waals surface area contributed by atoms with Crippen molar-refractivity contribution in [1.29, 1.82) is 0 Å². The van der Waals surface area contributed by atoms with Crippen LogP contribution in [-0.2, 0) is 21.7 Å². The Morgan fingerprint density at radius 2 is 1.06 bits per heavy atom. The van der Waals surface area contributed by atoms with Crippen LogP contribution in [0.5, 0.6) is 0 Å². The molecular weight excluding hydrogens is 852 g/mol. The second-order valence-corrected chi connectivity index (χ2v) is 23.8. The summed E-state index contributed by atoms with van der Waals surface area (Å²) in [6.45, 7) is 21.6. The summed E-state index contributed by atoms with van der Waals surface area (Å²) >= 11 is 0. The van der Waals surface area contributed by atoms with E-state index < -0.39 is 0 Å². The fourth-order valence-electron chi connectivity index (χ4n) is 13.5. The molecule has 8 aromatic carbocycles. The van der Waals surface area contributed by atoms with Gasteiger partial charge in [0.1, 0.15) is 16.7 Å². The normalized spacial score (nSPS) is 17.9. The number of fused-ring (bicyclic) bond motifs is 14. The van der Waals surface area contributed by atoms with Crippen LogP contribution >= 0.6 is 0 Å². The molecule has 0 amide bonds. The third kappa shape index (κ3) is 5.72. The van der Waals surface area contributed by atoms with Gasteiger partial charge in [0.05, 0.1) is 5.69 Å². The number of hydrogen-bond donors (Lipinski definition) is 0. The molecule has 0 radical (unpaired) electrons. The second-order valence-electron chi connectivity index (χ2n) is 23.8. The Morgan fingerprint density at radius 1 is 0.457 bits per heavy atom. The van der Waals surface area contributed by atoms with Crippen LogP contribution in [0, 0.1) is 6.92 Å². The maximum Gasteiger partial charge on any atom is 0.333 e. The van der Waals surface area contributed by atoms with Crippen molar-refractivity contribution in [3.63, 3.8) is 0 Å². The summed E-state index contributed by atoms with van der Waals surface area (Å²) in [7, 11) is 0. The molecule has 0 spiro atoms. The van der Waals surface area contributed by atoms with Crippen LogP contribution in [0.1, 0.15) is 109 Å². The van der Waals surface area contributed by atoms with Gasteiger partial charge in [-0.3, -0.25) is 0 Å².